The van der Waals surface area contributed by atoms with Gasteiger partial charge in [0, 0.05) is 11.3 Å². The molecule has 0 saturated heterocycles. The van der Waals surface area contributed by atoms with Crippen LogP contribution < -0.4 is 0 Å². The van der Waals surface area contributed by atoms with Gasteiger partial charge in [0.15, 0.2) is 5.78 Å². The van der Waals surface area contributed by atoms with Gasteiger partial charge in [0.05, 0.1) is 17.4 Å². The van der Waals surface area contributed by atoms with Crippen LogP contribution in [0.15, 0.2) is 36.9 Å². The zero-order chi connectivity index (χ0) is 11.1. The third-order valence-corrected chi connectivity index (χ3v) is 2.74. The van der Waals surface area contributed by atoms with Crippen molar-refractivity contribution in [2.75, 3.05) is 11.5 Å². The van der Waals surface area contributed by atoms with Gasteiger partial charge in [0.25, 0.3) is 0 Å². The normalized spacial score (nSPS) is 9.27. The first kappa shape index (κ1) is 11.5. The number of thioether (sulfide) groups is 1. The van der Waals surface area contributed by atoms with Gasteiger partial charge < -0.3 is 0 Å². The minimum Gasteiger partial charge on any atom is -0.293 e. The molecular formula is C12H11NOS. The predicted molar refractivity (Wildman–Crippen MR) is 63.0 cm³/mol. The topological polar surface area (TPSA) is 40.9 Å². The highest BCUT2D eigenvalue weighted by molar-refractivity contribution is 8.00. The van der Waals surface area contributed by atoms with Gasteiger partial charge in [-0.3, -0.25) is 4.79 Å². The Morgan fingerprint density at radius 2 is 2.13 bits per heavy atom. The van der Waals surface area contributed by atoms with E-state index < -0.39 is 0 Å². The van der Waals surface area contributed by atoms with E-state index in [0.717, 1.165) is 5.75 Å². The molecule has 0 aromatic heterocycles. The summed E-state index contributed by atoms with van der Waals surface area (Å²) in [7, 11) is 0. The first-order chi connectivity index (χ1) is 7.27. The summed E-state index contributed by atoms with van der Waals surface area (Å²) in [6.45, 7) is 3.58. The van der Waals surface area contributed by atoms with Crippen LogP contribution in [0.25, 0.3) is 0 Å². The van der Waals surface area contributed by atoms with Crippen molar-refractivity contribution in [1.29, 1.82) is 5.26 Å². The molecule has 0 aliphatic carbocycles. The second-order valence-electron chi connectivity index (χ2n) is 2.92. The van der Waals surface area contributed by atoms with E-state index in [1.807, 2.05) is 6.07 Å². The van der Waals surface area contributed by atoms with Gasteiger partial charge in [-0.25, -0.2) is 0 Å². The van der Waals surface area contributed by atoms with Gasteiger partial charge in [-0.2, -0.15) is 5.26 Å². The lowest BCUT2D eigenvalue weighted by atomic mass is 10.1. The molecule has 0 saturated carbocycles. The van der Waals surface area contributed by atoms with Crippen LogP contribution in [-0.2, 0) is 0 Å². The molecule has 0 radical (unpaired) electrons. The Bertz CT molecular complexity index is 389. The first-order valence-electron chi connectivity index (χ1n) is 4.50. The molecule has 0 aliphatic heterocycles. The largest absolute Gasteiger partial charge is 0.293 e. The molecular weight excluding hydrogens is 206 g/mol. The van der Waals surface area contributed by atoms with Crippen LogP contribution in [0.1, 0.15) is 15.9 Å². The quantitative estimate of drug-likeness (QED) is 0.432. The molecule has 0 amide bonds. The van der Waals surface area contributed by atoms with E-state index in [0.29, 0.717) is 16.9 Å². The lowest BCUT2D eigenvalue weighted by Gasteiger charge is -1.99. The minimum absolute atomic E-state index is 0.0892. The third kappa shape index (κ3) is 3.61. The van der Waals surface area contributed by atoms with Crippen molar-refractivity contribution in [2.24, 2.45) is 0 Å². The Labute approximate surface area is 93.6 Å². The third-order valence-electron chi connectivity index (χ3n) is 1.80. The number of hydrogen-bond donors (Lipinski definition) is 0. The molecule has 0 aliphatic rings. The van der Waals surface area contributed by atoms with E-state index in [1.54, 1.807) is 30.3 Å². The summed E-state index contributed by atoms with van der Waals surface area (Å²) in [6.07, 6.45) is 1.77. The minimum atomic E-state index is 0.0892. The summed E-state index contributed by atoms with van der Waals surface area (Å²) in [4.78, 5) is 11.6. The number of carbonyl (C=O) groups is 1. The molecule has 1 aromatic rings. The molecule has 0 unspecified atom stereocenters. The van der Waals surface area contributed by atoms with Crippen molar-refractivity contribution in [1.82, 2.24) is 0 Å². The summed E-state index contributed by atoms with van der Waals surface area (Å²) in [6, 6.07) is 8.71. The summed E-state index contributed by atoms with van der Waals surface area (Å²) in [5.41, 5.74) is 1.23. The van der Waals surface area contributed by atoms with Gasteiger partial charge in [0.1, 0.15) is 0 Å². The average molecular weight is 217 g/mol. The molecule has 76 valence electrons. The van der Waals surface area contributed by atoms with E-state index in [4.69, 9.17) is 5.26 Å². The van der Waals surface area contributed by atoms with Crippen LogP contribution in [0.5, 0.6) is 0 Å². The van der Waals surface area contributed by atoms with Crippen LogP contribution in [0.2, 0.25) is 0 Å². The van der Waals surface area contributed by atoms with Gasteiger partial charge in [-0.05, 0) is 12.1 Å². The summed E-state index contributed by atoms with van der Waals surface area (Å²) in [5.74, 6) is 1.33. The Hall–Kier alpha value is -1.53. The SMILES string of the molecule is C=CCSCC(=O)c1ccc(C#N)cc1. The maximum absolute atomic E-state index is 11.6. The number of ketones is 1. The fourth-order valence-electron chi connectivity index (χ4n) is 1.05. The van der Waals surface area contributed by atoms with Crippen molar-refractivity contribution in [3.63, 3.8) is 0 Å². The van der Waals surface area contributed by atoms with Crippen LogP contribution in [0, 0.1) is 11.3 Å². The number of hydrogen-bond acceptors (Lipinski definition) is 3. The Balaban J connectivity index is 2.59. The fourth-order valence-corrected chi connectivity index (χ4v) is 1.69. The van der Waals surface area contributed by atoms with Gasteiger partial charge in [0.2, 0.25) is 0 Å². The smallest absolute Gasteiger partial charge is 0.172 e. The van der Waals surface area contributed by atoms with Crippen molar-refractivity contribution in [2.45, 2.75) is 0 Å². The van der Waals surface area contributed by atoms with E-state index in [-0.39, 0.29) is 5.78 Å². The van der Waals surface area contributed by atoms with Crippen molar-refractivity contribution < 1.29 is 4.79 Å². The zero-order valence-electron chi connectivity index (χ0n) is 8.27. The van der Waals surface area contributed by atoms with E-state index >= 15 is 0 Å². The highest BCUT2D eigenvalue weighted by atomic mass is 32.2. The Morgan fingerprint density at radius 1 is 1.47 bits per heavy atom. The molecule has 0 bridgehead atoms. The predicted octanol–water partition coefficient (Wildman–Crippen LogP) is 2.66. The Morgan fingerprint density at radius 3 is 2.67 bits per heavy atom. The first-order valence-corrected chi connectivity index (χ1v) is 5.65. The molecule has 0 spiro atoms. The molecule has 0 fully saturated rings. The summed E-state index contributed by atoms with van der Waals surface area (Å²) >= 11 is 1.53. The Kier molecular flexibility index (Phi) is 4.65. The van der Waals surface area contributed by atoms with Gasteiger partial charge in [-0.1, -0.05) is 18.2 Å². The highest BCUT2D eigenvalue weighted by Crippen LogP contribution is 2.08. The van der Waals surface area contributed by atoms with E-state index in [1.165, 1.54) is 11.8 Å². The van der Waals surface area contributed by atoms with Crippen LogP contribution >= 0.6 is 11.8 Å². The number of benzene rings is 1. The number of rotatable bonds is 5. The second kappa shape index (κ2) is 6.05. The lowest BCUT2D eigenvalue weighted by Crippen LogP contribution is -2.02. The van der Waals surface area contributed by atoms with Crippen LogP contribution in [-0.4, -0.2) is 17.3 Å². The van der Waals surface area contributed by atoms with Crippen molar-refractivity contribution >= 4 is 17.5 Å². The molecule has 1 aromatic carbocycles. The fraction of sp³-hybridized carbons (Fsp3) is 0.167. The van der Waals surface area contributed by atoms with Crippen molar-refractivity contribution in [3.8, 4) is 6.07 Å². The zero-order valence-corrected chi connectivity index (χ0v) is 9.09. The highest BCUT2D eigenvalue weighted by Gasteiger charge is 2.04. The standard InChI is InChI=1S/C12H11NOS/c1-2-7-15-9-12(14)11-5-3-10(8-13)4-6-11/h2-6H,1,7,9H2. The molecule has 0 N–H and O–H groups in total. The maximum atomic E-state index is 11.6. The number of carbonyl (C=O) groups excluding carboxylic acids is 1. The van der Waals surface area contributed by atoms with Gasteiger partial charge in [-0.15, -0.1) is 18.3 Å². The number of nitrogens with zero attached hydrogens (tertiary/aromatic N) is 1. The van der Waals surface area contributed by atoms with Crippen molar-refractivity contribution in [3.05, 3.63) is 48.0 Å². The summed E-state index contributed by atoms with van der Waals surface area (Å²) < 4.78 is 0. The second-order valence-corrected chi connectivity index (χ2v) is 3.95. The molecule has 2 nitrogen and oxygen atoms in total. The van der Waals surface area contributed by atoms with E-state index in [2.05, 4.69) is 6.58 Å². The monoisotopic (exact) mass is 217 g/mol. The molecule has 1 rings (SSSR count). The maximum Gasteiger partial charge on any atom is 0.172 e. The molecule has 0 atom stereocenters. The number of nitriles is 1. The van der Waals surface area contributed by atoms with Crippen LogP contribution in [0.3, 0.4) is 0 Å². The average Bonchev–Trinajstić information content (AvgIpc) is 2.29. The lowest BCUT2D eigenvalue weighted by molar-refractivity contribution is 0.102. The molecule has 0 heterocycles. The molecule has 15 heavy (non-hydrogen) atoms. The van der Waals surface area contributed by atoms with Gasteiger partial charge >= 0.3 is 0 Å². The number of Topliss-reactive ketones (excluding diaryl/α,β-unsaturated/α-hetero) is 1. The summed E-state index contributed by atoms with van der Waals surface area (Å²) in [5, 5.41) is 8.59. The molecule has 3 heteroatoms. The van der Waals surface area contributed by atoms with E-state index in [9.17, 15) is 4.79 Å². The van der Waals surface area contributed by atoms with Crippen LogP contribution in [0.4, 0.5) is 0 Å².